The molecule has 0 aromatic rings. The first-order chi connectivity index (χ1) is 6.83. The van der Waals surface area contributed by atoms with E-state index in [4.69, 9.17) is 9.84 Å². The van der Waals surface area contributed by atoms with Gasteiger partial charge in [0.15, 0.2) is 0 Å². The van der Waals surface area contributed by atoms with Crippen molar-refractivity contribution in [3.63, 3.8) is 0 Å². The smallest absolute Gasteiger partial charge is 0.234 e. The Morgan fingerprint density at radius 1 is 1.43 bits per heavy atom. The maximum atomic E-state index is 11.1. The summed E-state index contributed by atoms with van der Waals surface area (Å²) >= 11 is 0. The van der Waals surface area contributed by atoms with Crippen LogP contribution >= 0.6 is 0 Å². The van der Waals surface area contributed by atoms with Gasteiger partial charge in [-0.25, -0.2) is 0 Å². The van der Waals surface area contributed by atoms with Crippen LogP contribution in [-0.4, -0.2) is 50.0 Å². The van der Waals surface area contributed by atoms with Crippen molar-refractivity contribution in [2.45, 2.75) is 18.9 Å². The Kier molecular flexibility index (Phi) is 5.51. The first-order valence-corrected chi connectivity index (χ1v) is 5.01. The molecular formula is C9H18N2O3. The minimum atomic E-state index is 0.00417. The van der Waals surface area contributed by atoms with E-state index in [-0.39, 0.29) is 12.5 Å². The second-order valence-electron chi connectivity index (χ2n) is 3.34. The van der Waals surface area contributed by atoms with Crippen molar-refractivity contribution in [3.8, 4) is 0 Å². The molecule has 0 aromatic heterocycles. The quantitative estimate of drug-likeness (QED) is 0.435. The van der Waals surface area contributed by atoms with Crippen LogP contribution in [0.4, 0.5) is 0 Å². The SMILES string of the molecule is O=C(CNC1CC1)NCCOCCO. The van der Waals surface area contributed by atoms with Crippen LogP contribution in [-0.2, 0) is 9.53 Å². The number of ether oxygens (including phenoxy) is 1. The van der Waals surface area contributed by atoms with Crippen molar-refractivity contribution in [2.75, 3.05) is 32.9 Å². The van der Waals surface area contributed by atoms with Gasteiger partial charge in [-0.3, -0.25) is 4.79 Å². The highest BCUT2D eigenvalue weighted by atomic mass is 16.5. The molecule has 0 saturated heterocycles. The second-order valence-corrected chi connectivity index (χ2v) is 3.34. The molecule has 5 heteroatoms. The van der Waals surface area contributed by atoms with Gasteiger partial charge in [0.2, 0.25) is 5.91 Å². The molecule has 1 fully saturated rings. The lowest BCUT2D eigenvalue weighted by atomic mass is 10.5. The summed E-state index contributed by atoms with van der Waals surface area (Å²) in [6.07, 6.45) is 2.37. The maximum Gasteiger partial charge on any atom is 0.234 e. The van der Waals surface area contributed by atoms with Gasteiger partial charge in [-0.05, 0) is 12.8 Å². The van der Waals surface area contributed by atoms with Crippen LogP contribution in [0, 0.1) is 0 Å². The Hall–Kier alpha value is -0.650. The Bertz CT molecular complexity index is 171. The number of nitrogens with one attached hydrogen (secondary N) is 2. The number of hydrogen-bond donors (Lipinski definition) is 3. The fraction of sp³-hybridized carbons (Fsp3) is 0.889. The number of aliphatic hydroxyl groups excluding tert-OH is 1. The number of rotatable bonds is 8. The van der Waals surface area contributed by atoms with Gasteiger partial charge >= 0.3 is 0 Å². The highest BCUT2D eigenvalue weighted by Crippen LogP contribution is 2.17. The van der Waals surface area contributed by atoms with Crippen molar-refractivity contribution in [1.29, 1.82) is 0 Å². The summed E-state index contributed by atoms with van der Waals surface area (Å²) in [6, 6.07) is 0.561. The summed E-state index contributed by atoms with van der Waals surface area (Å²) < 4.78 is 4.99. The molecule has 1 amide bonds. The zero-order valence-electron chi connectivity index (χ0n) is 8.29. The number of hydrogen-bond acceptors (Lipinski definition) is 4. The van der Waals surface area contributed by atoms with Crippen molar-refractivity contribution >= 4 is 5.91 Å². The number of aliphatic hydroxyl groups is 1. The summed E-state index contributed by atoms with van der Waals surface area (Å²) in [6.45, 7) is 1.71. The topological polar surface area (TPSA) is 70.6 Å². The number of carbonyl (C=O) groups is 1. The van der Waals surface area contributed by atoms with Gasteiger partial charge in [-0.15, -0.1) is 0 Å². The van der Waals surface area contributed by atoms with E-state index in [2.05, 4.69) is 10.6 Å². The molecule has 5 nitrogen and oxygen atoms in total. The molecular weight excluding hydrogens is 184 g/mol. The summed E-state index contributed by atoms with van der Waals surface area (Å²) in [5.74, 6) is 0.00417. The average molecular weight is 202 g/mol. The van der Waals surface area contributed by atoms with E-state index < -0.39 is 0 Å². The van der Waals surface area contributed by atoms with Gasteiger partial charge in [0.05, 0.1) is 26.4 Å². The lowest BCUT2D eigenvalue weighted by Crippen LogP contribution is -2.36. The van der Waals surface area contributed by atoms with E-state index >= 15 is 0 Å². The normalized spacial score (nSPS) is 15.5. The third kappa shape index (κ3) is 5.90. The summed E-state index contributed by atoms with van der Waals surface area (Å²) in [7, 11) is 0. The largest absolute Gasteiger partial charge is 0.394 e. The first-order valence-electron chi connectivity index (χ1n) is 5.01. The average Bonchev–Trinajstić information content (AvgIpc) is 2.98. The van der Waals surface area contributed by atoms with Gasteiger partial charge in [-0.1, -0.05) is 0 Å². The Morgan fingerprint density at radius 3 is 2.86 bits per heavy atom. The Balaban J connectivity index is 1.81. The number of carbonyl (C=O) groups excluding carboxylic acids is 1. The van der Waals surface area contributed by atoms with Gasteiger partial charge in [0.25, 0.3) is 0 Å². The molecule has 14 heavy (non-hydrogen) atoms. The van der Waals surface area contributed by atoms with Crippen molar-refractivity contribution in [1.82, 2.24) is 10.6 Å². The van der Waals surface area contributed by atoms with Crippen molar-refractivity contribution in [2.24, 2.45) is 0 Å². The lowest BCUT2D eigenvalue weighted by Gasteiger charge is -2.05. The summed E-state index contributed by atoms with van der Waals surface area (Å²) in [5.41, 5.74) is 0. The van der Waals surface area contributed by atoms with Crippen LogP contribution in [0.5, 0.6) is 0 Å². The molecule has 82 valence electrons. The number of amides is 1. The zero-order chi connectivity index (χ0) is 10.2. The molecule has 1 aliphatic rings. The molecule has 0 aliphatic heterocycles. The van der Waals surface area contributed by atoms with E-state index in [0.29, 0.717) is 32.3 Å². The van der Waals surface area contributed by atoms with Gasteiger partial charge in [-0.2, -0.15) is 0 Å². The predicted molar refractivity (Wildman–Crippen MR) is 51.9 cm³/mol. The summed E-state index contributed by atoms with van der Waals surface area (Å²) in [4.78, 5) is 11.1. The van der Waals surface area contributed by atoms with Gasteiger partial charge in [0, 0.05) is 12.6 Å². The molecule has 0 heterocycles. The molecule has 0 atom stereocenters. The van der Waals surface area contributed by atoms with Crippen molar-refractivity contribution in [3.05, 3.63) is 0 Å². The molecule has 1 aliphatic carbocycles. The van der Waals surface area contributed by atoms with E-state index in [1.165, 1.54) is 12.8 Å². The predicted octanol–water partition coefficient (Wildman–Crippen LogP) is -1.14. The molecule has 0 unspecified atom stereocenters. The highest BCUT2D eigenvalue weighted by Gasteiger charge is 2.20. The van der Waals surface area contributed by atoms with E-state index in [9.17, 15) is 4.79 Å². The summed E-state index contributed by atoms with van der Waals surface area (Å²) in [5, 5.41) is 14.2. The molecule has 1 saturated carbocycles. The molecule has 0 aromatic carbocycles. The molecule has 0 radical (unpaired) electrons. The highest BCUT2D eigenvalue weighted by molar-refractivity contribution is 5.78. The van der Waals surface area contributed by atoms with Crippen LogP contribution in [0.15, 0.2) is 0 Å². The molecule has 3 N–H and O–H groups in total. The maximum absolute atomic E-state index is 11.1. The van der Waals surface area contributed by atoms with Crippen LogP contribution < -0.4 is 10.6 Å². The standard InChI is InChI=1S/C9H18N2O3/c12-4-6-14-5-3-10-9(13)7-11-8-1-2-8/h8,11-12H,1-7H2,(H,10,13). The third-order valence-corrected chi connectivity index (χ3v) is 1.93. The molecule has 0 spiro atoms. The minimum absolute atomic E-state index is 0.00417. The van der Waals surface area contributed by atoms with Crippen LogP contribution in [0.25, 0.3) is 0 Å². The fourth-order valence-electron chi connectivity index (χ4n) is 1.02. The first kappa shape index (κ1) is 11.4. The van der Waals surface area contributed by atoms with E-state index in [0.717, 1.165) is 0 Å². The van der Waals surface area contributed by atoms with Crippen LogP contribution in [0.1, 0.15) is 12.8 Å². The Labute approximate surface area is 83.8 Å². The zero-order valence-corrected chi connectivity index (χ0v) is 8.29. The van der Waals surface area contributed by atoms with E-state index in [1.807, 2.05) is 0 Å². The van der Waals surface area contributed by atoms with Crippen LogP contribution in [0.3, 0.4) is 0 Å². The van der Waals surface area contributed by atoms with Gasteiger partial charge < -0.3 is 20.5 Å². The van der Waals surface area contributed by atoms with Crippen molar-refractivity contribution < 1.29 is 14.6 Å². The minimum Gasteiger partial charge on any atom is -0.394 e. The third-order valence-electron chi connectivity index (χ3n) is 1.93. The second kappa shape index (κ2) is 6.75. The van der Waals surface area contributed by atoms with E-state index in [1.54, 1.807) is 0 Å². The van der Waals surface area contributed by atoms with Crippen LogP contribution in [0.2, 0.25) is 0 Å². The lowest BCUT2D eigenvalue weighted by molar-refractivity contribution is -0.120. The van der Waals surface area contributed by atoms with Gasteiger partial charge in [0.1, 0.15) is 0 Å². The monoisotopic (exact) mass is 202 g/mol. The Morgan fingerprint density at radius 2 is 2.21 bits per heavy atom. The molecule has 0 bridgehead atoms. The fourth-order valence-corrected chi connectivity index (χ4v) is 1.02. The molecule has 1 rings (SSSR count).